The van der Waals surface area contributed by atoms with E-state index in [9.17, 15) is 19.2 Å². The Morgan fingerprint density at radius 2 is 1.63 bits per heavy atom. The fraction of sp³-hybridized carbons (Fsp3) is 0.617. The van der Waals surface area contributed by atoms with E-state index in [4.69, 9.17) is 15.2 Å². The zero-order chi connectivity index (χ0) is 45.7. The minimum atomic E-state index is -0.820. The van der Waals surface area contributed by atoms with E-state index >= 15 is 0 Å². The van der Waals surface area contributed by atoms with Crippen molar-refractivity contribution in [3.63, 3.8) is 0 Å². The zero-order valence-electron chi connectivity index (χ0n) is 38.7. The third kappa shape index (κ3) is 13.1. The second-order valence-corrected chi connectivity index (χ2v) is 18.6. The van der Waals surface area contributed by atoms with Crippen LogP contribution in [0, 0.1) is 23.7 Å². The van der Waals surface area contributed by atoms with Crippen molar-refractivity contribution in [3.8, 4) is 0 Å². The van der Waals surface area contributed by atoms with E-state index < -0.39 is 36.3 Å². The molecule has 62 heavy (non-hydrogen) atoms. The van der Waals surface area contributed by atoms with Gasteiger partial charge in [-0.15, -0.1) is 11.3 Å². The Balaban J connectivity index is 1.48. The molecule has 3 aromatic rings. The van der Waals surface area contributed by atoms with Crippen LogP contribution in [-0.2, 0) is 41.6 Å². The number of methoxy groups -OCH3 is 2. The standard InChI is InChI=1S/C47H72N8O6S/c1-12-31(6)42(54(9)47(59)40(29(2)3)52-45(58)41(30(4)5)53(8)28-34-20-21-49-38(48)26-34)37(60-10)27-39(56)55-23-16-19-36(55)43(61-11)32(7)44(57)51-35(46-50-22-24-62-46)25-33-17-14-13-15-18-33/h13-15,17-18,20-22,24,26,29-32,35-37,40-43H,12,16,19,23,25,27-28H2,1-11H3,(H2,48,49)(H,51,57)(H,52,58)/t31-,32+,35?,36-,37+,40-,41-,42-,43+/m0/s1. The van der Waals surface area contributed by atoms with Crippen molar-refractivity contribution in [3.05, 3.63) is 76.4 Å². The topological polar surface area (TPSA) is 172 Å². The Labute approximate surface area is 373 Å². The van der Waals surface area contributed by atoms with E-state index in [2.05, 4.69) is 34.4 Å². The number of pyridine rings is 1. The van der Waals surface area contributed by atoms with Gasteiger partial charge in [-0.3, -0.25) is 24.1 Å². The number of thiazole rings is 1. The number of nitrogens with one attached hydrogen (secondary N) is 2. The first-order valence-corrected chi connectivity index (χ1v) is 23.0. The number of likely N-dealkylation sites (tertiary alicyclic amines) is 1. The van der Waals surface area contributed by atoms with Crippen molar-refractivity contribution in [2.24, 2.45) is 23.7 Å². The Bertz CT molecular complexity index is 1870. The molecule has 0 spiro atoms. The molecule has 4 rings (SSSR count). The Hall–Kier alpha value is -4.44. The number of amides is 4. The van der Waals surface area contributed by atoms with Crippen LogP contribution in [0.15, 0.2) is 60.2 Å². The number of benzene rings is 1. The number of anilines is 1. The largest absolute Gasteiger partial charge is 0.384 e. The van der Waals surface area contributed by atoms with Crippen molar-refractivity contribution in [2.75, 3.05) is 40.6 Å². The van der Waals surface area contributed by atoms with Crippen LogP contribution in [0.1, 0.15) is 96.3 Å². The molecule has 2 aromatic heterocycles. The smallest absolute Gasteiger partial charge is 0.245 e. The summed E-state index contributed by atoms with van der Waals surface area (Å²) in [4.78, 5) is 71.1. The highest BCUT2D eigenvalue weighted by molar-refractivity contribution is 7.09. The fourth-order valence-corrected chi connectivity index (χ4v) is 9.72. The molecule has 1 fully saturated rings. The summed E-state index contributed by atoms with van der Waals surface area (Å²) in [5, 5.41) is 9.08. The molecular weight excluding hydrogens is 805 g/mol. The Morgan fingerprint density at radius 1 is 0.919 bits per heavy atom. The van der Waals surface area contributed by atoms with Gasteiger partial charge in [0.05, 0.1) is 48.7 Å². The molecule has 0 saturated carbocycles. The number of nitrogen functional groups attached to an aromatic ring is 1. The number of nitrogens with zero attached hydrogens (tertiary/aromatic N) is 5. The number of likely N-dealkylation sites (N-methyl/N-ethyl adjacent to an activating group) is 2. The summed E-state index contributed by atoms with van der Waals surface area (Å²) in [6.45, 7) is 14.8. The minimum absolute atomic E-state index is 0.0261. The number of rotatable bonds is 23. The molecule has 0 radical (unpaired) electrons. The van der Waals surface area contributed by atoms with Gasteiger partial charge in [0.1, 0.15) is 16.9 Å². The molecular formula is C47H72N8O6S. The molecule has 9 atom stereocenters. The lowest BCUT2D eigenvalue weighted by atomic mass is 9.89. The molecule has 1 aromatic carbocycles. The molecule has 15 heteroatoms. The number of carbonyl (C=O) groups is 4. The third-order valence-electron chi connectivity index (χ3n) is 12.5. The van der Waals surface area contributed by atoms with Crippen molar-refractivity contribution in [1.29, 1.82) is 0 Å². The summed E-state index contributed by atoms with van der Waals surface area (Å²) < 4.78 is 12.2. The van der Waals surface area contributed by atoms with Gasteiger partial charge in [-0.1, -0.05) is 85.2 Å². The number of ether oxygens (including phenoxy) is 2. The van der Waals surface area contributed by atoms with Crippen molar-refractivity contribution < 1.29 is 28.7 Å². The van der Waals surface area contributed by atoms with Crippen molar-refractivity contribution in [1.82, 2.24) is 35.3 Å². The minimum Gasteiger partial charge on any atom is -0.384 e. The van der Waals surface area contributed by atoms with E-state index in [0.29, 0.717) is 31.7 Å². The second kappa shape index (κ2) is 23.9. The molecule has 1 saturated heterocycles. The van der Waals surface area contributed by atoms with Gasteiger partial charge in [0.2, 0.25) is 23.6 Å². The van der Waals surface area contributed by atoms with Gasteiger partial charge in [0, 0.05) is 52.1 Å². The highest BCUT2D eigenvalue weighted by atomic mass is 32.1. The van der Waals surface area contributed by atoms with Gasteiger partial charge in [-0.25, -0.2) is 9.97 Å². The maximum absolute atomic E-state index is 14.6. The van der Waals surface area contributed by atoms with Gasteiger partial charge in [-0.2, -0.15) is 0 Å². The molecule has 1 unspecified atom stereocenters. The van der Waals surface area contributed by atoms with E-state index in [1.165, 1.54) is 11.3 Å². The first-order valence-electron chi connectivity index (χ1n) is 22.1. The number of nitrogens with two attached hydrogens (primary N) is 1. The van der Waals surface area contributed by atoms with Crippen molar-refractivity contribution >= 4 is 40.8 Å². The third-order valence-corrected chi connectivity index (χ3v) is 13.4. The first kappa shape index (κ1) is 50.2. The van der Waals surface area contributed by atoms with Crippen LogP contribution in [0.25, 0.3) is 0 Å². The average molecular weight is 877 g/mol. The molecule has 1 aliphatic heterocycles. The number of hydrogen-bond donors (Lipinski definition) is 3. The lowest BCUT2D eigenvalue weighted by Crippen LogP contribution is -2.60. The normalized spacial score (nSPS) is 18.2. The number of aromatic nitrogens is 2. The molecule has 3 heterocycles. The summed E-state index contributed by atoms with van der Waals surface area (Å²) in [5.74, 6) is -1.27. The first-order chi connectivity index (χ1) is 29.5. The summed E-state index contributed by atoms with van der Waals surface area (Å²) in [7, 11) is 6.80. The van der Waals surface area contributed by atoms with E-state index in [0.717, 1.165) is 29.0 Å². The van der Waals surface area contributed by atoms with Crippen LogP contribution in [-0.4, -0.2) is 120 Å². The lowest BCUT2D eigenvalue weighted by molar-refractivity contribution is -0.148. The number of carbonyl (C=O) groups excluding carboxylic acids is 4. The second-order valence-electron chi connectivity index (χ2n) is 17.6. The summed E-state index contributed by atoms with van der Waals surface area (Å²) in [6.07, 6.45) is 4.99. The van der Waals surface area contributed by atoms with E-state index in [1.54, 1.807) is 44.6 Å². The van der Waals surface area contributed by atoms with Crippen LogP contribution < -0.4 is 16.4 Å². The average Bonchev–Trinajstić information content (AvgIpc) is 3.96. The molecule has 4 amide bonds. The molecule has 0 bridgehead atoms. The quantitative estimate of drug-likeness (QED) is 0.107. The maximum Gasteiger partial charge on any atom is 0.245 e. The molecule has 14 nitrogen and oxygen atoms in total. The lowest BCUT2D eigenvalue weighted by Gasteiger charge is -2.41. The predicted molar refractivity (Wildman–Crippen MR) is 245 cm³/mol. The van der Waals surface area contributed by atoms with E-state index in [1.807, 2.05) is 93.2 Å². The zero-order valence-corrected chi connectivity index (χ0v) is 39.6. The molecule has 342 valence electrons. The van der Waals surface area contributed by atoms with Crippen LogP contribution >= 0.6 is 11.3 Å². The Kier molecular flexibility index (Phi) is 19.3. The van der Waals surface area contributed by atoms with Crippen LogP contribution in [0.3, 0.4) is 0 Å². The van der Waals surface area contributed by atoms with Gasteiger partial charge >= 0.3 is 0 Å². The monoisotopic (exact) mass is 877 g/mol. The van der Waals surface area contributed by atoms with E-state index in [-0.39, 0.29) is 59.9 Å². The number of hydrogen-bond acceptors (Lipinski definition) is 11. The predicted octanol–water partition coefficient (Wildman–Crippen LogP) is 5.74. The van der Waals surface area contributed by atoms with Gasteiger partial charge in [0.25, 0.3) is 0 Å². The summed E-state index contributed by atoms with van der Waals surface area (Å²) in [5.41, 5.74) is 7.94. The highest BCUT2D eigenvalue weighted by Crippen LogP contribution is 2.31. The summed E-state index contributed by atoms with van der Waals surface area (Å²) >= 11 is 1.50. The highest BCUT2D eigenvalue weighted by Gasteiger charge is 2.43. The van der Waals surface area contributed by atoms with Crippen molar-refractivity contribution in [2.45, 2.75) is 130 Å². The van der Waals surface area contributed by atoms with Crippen LogP contribution in [0.4, 0.5) is 5.82 Å². The Morgan fingerprint density at radius 3 is 2.21 bits per heavy atom. The summed E-state index contributed by atoms with van der Waals surface area (Å²) in [6, 6.07) is 11.2. The fourth-order valence-electron chi connectivity index (χ4n) is 9.03. The van der Waals surface area contributed by atoms with Gasteiger partial charge in [0.15, 0.2) is 0 Å². The SMILES string of the molecule is CC[C@H](C)[C@@H]([C@@H](CC(=O)N1CCC[C@H]1[C@H](OC)[C@@H](C)C(=O)NC(Cc1ccccc1)c1nccs1)OC)N(C)C(=O)[C@@H](NC(=O)[C@H](C(C)C)N(C)Cc1ccnc(N)c1)C(C)C. The maximum atomic E-state index is 14.6. The van der Waals surface area contributed by atoms with Gasteiger partial charge < -0.3 is 35.6 Å². The van der Waals surface area contributed by atoms with Crippen LogP contribution in [0.5, 0.6) is 0 Å². The van der Waals surface area contributed by atoms with Gasteiger partial charge in [-0.05, 0) is 67.3 Å². The van der Waals surface area contributed by atoms with Crippen LogP contribution in [0.2, 0.25) is 0 Å². The molecule has 0 aliphatic carbocycles. The molecule has 1 aliphatic rings. The molecule has 4 N–H and O–H groups in total.